The van der Waals surface area contributed by atoms with Crippen LogP contribution >= 0.6 is 12.4 Å². The van der Waals surface area contributed by atoms with Crippen molar-refractivity contribution in [2.75, 3.05) is 5.32 Å². The third-order valence-electron chi connectivity index (χ3n) is 5.33. The number of amides is 1. The van der Waals surface area contributed by atoms with Crippen LogP contribution in [0.1, 0.15) is 41.6 Å². The molecule has 3 aromatic carbocycles. The highest BCUT2D eigenvalue weighted by molar-refractivity contribution is 6.06. The Morgan fingerprint density at radius 2 is 1.85 bits per heavy atom. The van der Waals surface area contributed by atoms with Gasteiger partial charge in [0.15, 0.2) is 0 Å². The highest BCUT2D eigenvalue weighted by Crippen LogP contribution is 2.51. The van der Waals surface area contributed by atoms with Crippen molar-refractivity contribution in [2.24, 2.45) is 5.73 Å². The van der Waals surface area contributed by atoms with Gasteiger partial charge in [0.05, 0.1) is 0 Å². The second-order valence-electron chi connectivity index (χ2n) is 6.98. The Balaban J connectivity index is 0.00000196. The number of carbonyl (C=O) groups excluding carboxylic acids is 1. The lowest BCUT2D eigenvalue weighted by Crippen LogP contribution is -2.22. The predicted molar refractivity (Wildman–Crippen MR) is 110 cm³/mol. The van der Waals surface area contributed by atoms with E-state index in [0.717, 1.165) is 29.3 Å². The number of benzene rings is 3. The van der Waals surface area contributed by atoms with Gasteiger partial charge in [-0.1, -0.05) is 49.4 Å². The average Bonchev–Trinajstić information content (AvgIpc) is 3.34. The minimum Gasteiger partial charge on any atom is -0.325 e. The van der Waals surface area contributed by atoms with Gasteiger partial charge < -0.3 is 11.1 Å². The molecule has 1 amide bonds. The van der Waals surface area contributed by atoms with Crippen molar-refractivity contribution in [2.45, 2.75) is 31.2 Å². The Kier molecular flexibility index (Phi) is 5.03. The lowest BCUT2D eigenvalue weighted by Gasteiger charge is -2.11. The molecule has 0 aliphatic heterocycles. The maximum absolute atomic E-state index is 12.6. The highest BCUT2D eigenvalue weighted by atomic mass is 35.5. The first-order chi connectivity index (χ1) is 12.1. The molecule has 4 heteroatoms. The second kappa shape index (κ2) is 7.10. The van der Waals surface area contributed by atoms with Crippen molar-refractivity contribution in [1.82, 2.24) is 0 Å². The molecule has 0 aromatic heterocycles. The van der Waals surface area contributed by atoms with Crippen LogP contribution in [0.25, 0.3) is 10.8 Å². The van der Waals surface area contributed by atoms with E-state index < -0.39 is 0 Å². The zero-order valence-corrected chi connectivity index (χ0v) is 15.6. The van der Waals surface area contributed by atoms with Gasteiger partial charge in [-0.3, -0.25) is 4.79 Å². The van der Waals surface area contributed by atoms with Crippen LogP contribution in [0.4, 0.5) is 5.69 Å². The average molecular weight is 367 g/mol. The topological polar surface area (TPSA) is 55.1 Å². The fourth-order valence-corrected chi connectivity index (χ4v) is 3.53. The van der Waals surface area contributed by atoms with Crippen LogP contribution in [0.3, 0.4) is 0 Å². The van der Waals surface area contributed by atoms with Crippen LogP contribution in [0.5, 0.6) is 0 Å². The Bertz CT molecular complexity index is 956. The van der Waals surface area contributed by atoms with E-state index in [1.807, 2.05) is 60.7 Å². The molecule has 3 aromatic rings. The number of anilines is 1. The van der Waals surface area contributed by atoms with Crippen LogP contribution in [0, 0.1) is 0 Å². The summed E-state index contributed by atoms with van der Waals surface area (Å²) in [5.41, 5.74) is 8.95. The van der Waals surface area contributed by atoms with Gasteiger partial charge in [0.25, 0.3) is 5.91 Å². The van der Waals surface area contributed by atoms with Crippen molar-refractivity contribution in [1.29, 1.82) is 0 Å². The molecular formula is C22H23ClN2O. The quantitative estimate of drug-likeness (QED) is 0.674. The molecule has 134 valence electrons. The van der Waals surface area contributed by atoms with Gasteiger partial charge in [0.2, 0.25) is 0 Å². The van der Waals surface area contributed by atoms with Gasteiger partial charge in [-0.15, -0.1) is 12.4 Å². The summed E-state index contributed by atoms with van der Waals surface area (Å²) in [7, 11) is 0. The maximum atomic E-state index is 12.6. The molecule has 0 heterocycles. The van der Waals surface area contributed by atoms with E-state index in [1.54, 1.807) is 0 Å². The van der Waals surface area contributed by atoms with Crippen LogP contribution < -0.4 is 11.1 Å². The van der Waals surface area contributed by atoms with Gasteiger partial charge in [-0.05, 0) is 53.4 Å². The number of nitrogens with two attached hydrogens (primary N) is 1. The minimum atomic E-state index is -0.0896. The molecule has 0 radical (unpaired) electrons. The third-order valence-corrected chi connectivity index (χ3v) is 5.33. The largest absolute Gasteiger partial charge is 0.325 e. The Hall–Kier alpha value is -2.36. The number of carbonyl (C=O) groups is 1. The normalized spacial score (nSPS) is 21.1. The van der Waals surface area contributed by atoms with Gasteiger partial charge in [0.1, 0.15) is 0 Å². The van der Waals surface area contributed by atoms with Gasteiger partial charge >= 0.3 is 0 Å². The summed E-state index contributed by atoms with van der Waals surface area (Å²) in [5.74, 6) is 0.309. The monoisotopic (exact) mass is 366 g/mol. The Morgan fingerprint density at radius 1 is 1.08 bits per heavy atom. The van der Waals surface area contributed by atoms with E-state index in [9.17, 15) is 4.79 Å². The zero-order chi connectivity index (χ0) is 17.4. The standard InChI is InChI=1S/C22H22N2O.ClH/c1-2-22(23)14-20(22)17-8-5-9-19(13-17)24-21(25)18-11-10-15-6-3-4-7-16(15)12-18;/h3-13,20H,2,14,23H2,1H3,(H,24,25);1H. The number of halogens is 1. The van der Waals surface area contributed by atoms with E-state index in [0.29, 0.717) is 11.5 Å². The fourth-order valence-electron chi connectivity index (χ4n) is 3.53. The van der Waals surface area contributed by atoms with Gasteiger partial charge in [-0.25, -0.2) is 0 Å². The smallest absolute Gasteiger partial charge is 0.255 e. The Labute approximate surface area is 160 Å². The molecule has 1 saturated carbocycles. The first-order valence-electron chi connectivity index (χ1n) is 8.78. The van der Waals surface area contributed by atoms with Crippen molar-refractivity contribution in [3.05, 3.63) is 77.9 Å². The van der Waals surface area contributed by atoms with E-state index in [2.05, 4.69) is 18.3 Å². The van der Waals surface area contributed by atoms with Crippen molar-refractivity contribution in [3.8, 4) is 0 Å². The summed E-state index contributed by atoms with van der Waals surface area (Å²) in [6.45, 7) is 2.13. The van der Waals surface area contributed by atoms with Crippen molar-refractivity contribution in [3.63, 3.8) is 0 Å². The molecule has 0 spiro atoms. The molecule has 26 heavy (non-hydrogen) atoms. The summed E-state index contributed by atoms with van der Waals surface area (Å²) < 4.78 is 0. The van der Waals surface area contributed by atoms with E-state index >= 15 is 0 Å². The summed E-state index contributed by atoms with van der Waals surface area (Å²) in [6.07, 6.45) is 2.00. The fraction of sp³-hybridized carbons (Fsp3) is 0.227. The van der Waals surface area contributed by atoms with Crippen molar-refractivity contribution >= 4 is 34.8 Å². The number of nitrogens with one attached hydrogen (secondary N) is 1. The second-order valence-corrected chi connectivity index (χ2v) is 6.98. The molecule has 2 atom stereocenters. The minimum absolute atomic E-state index is 0. The third kappa shape index (κ3) is 3.46. The summed E-state index contributed by atoms with van der Waals surface area (Å²) >= 11 is 0. The van der Waals surface area contributed by atoms with Crippen LogP contribution in [-0.2, 0) is 0 Å². The molecule has 1 aliphatic rings. The van der Waals surface area contributed by atoms with Crippen LogP contribution in [0.2, 0.25) is 0 Å². The molecule has 3 nitrogen and oxygen atoms in total. The number of rotatable bonds is 4. The summed E-state index contributed by atoms with van der Waals surface area (Å²) in [4.78, 5) is 12.6. The number of hydrogen-bond donors (Lipinski definition) is 2. The van der Waals surface area contributed by atoms with Crippen molar-refractivity contribution < 1.29 is 4.79 Å². The van der Waals surface area contributed by atoms with E-state index in [1.165, 1.54) is 5.56 Å². The molecule has 1 aliphatic carbocycles. The zero-order valence-electron chi connectivity index (χ0n) is 14.7. The summed E-state index contributed by atoms with van der Waals surface area (Å²) in [6, 6.07) is 21.9. The molecule has 2 unspecified atom stereocenters. The predicted octanol–water partition coefficient (Wildman–Crippen LogP) is 5.11. The lowest BCUT2D eigenvalue weighted by atomic mass is 10.0. The molecular weight excluding hydrogens is 344 g/mol. The molecule has 0 saturated heterocycles. The van der Waals surface area contributed by atoms with Gasteiger partial charge in [-0.2, -0.15) is 0 Å². The first-order valence-corrected chi connectivity index (χ1v) is 8.78. The molecule has 1 fully saturated rings. The van der Waals surface area contributed by atoms with Gasteiger partial charge in [0, 0.05) is 22.7 Å². The lowest BCUT2D eigenvalue weighted by molar-refractivity contribution is 0.102. The summed E-state index contributed by atoms with van der Waals surface area (Å²) in [5, 5.41) is 5.21. The molecule has 0 bridgehead atoms. The molecule has 3 N–H and O–H groups in total. The highest BCUT2D eigenvalue weighted by Gasteiger charge is 2.49. The number of fused-ring (bicyclic) bond motifs is 1. The SMILES string of the molecule is CCC1(N)CC1c1cccc(NC(=O)c2ccc3ccccc3c2)c1.Cl. The first kappa shape index (κ1) is 18.4. The molecule has 4 rings (SSSR count). The maximum Gasteiger partial charge on any atom is 0.255 e. The van der Waals surface area contributed by atoms with Crippen LogP contribution in [0.15, 0.2) is 66.7 Å². The number of hydrogen-bond acceptors (Lipinski definition) is 2. The van der Waals surface area contributed by atoms with E-state index in [4.69, 9.17) is 5.73 Å². The van der Waals surface area contributed by atoms with Crippen LogP contribution in [-0.4, -0.2) is 11.4 Å². The Morgan fingerprint density at radius 3 is 2.58 bits per heavy atom. The van der Waals surface area contributed by atoms with E-state index in [-0.39, 0.29) is 23.9 Å².